The molecule has 0 nitrogen and oxygen atoms in total. The third kappa shape index (κ3) is 1.70. The quantitative estimate of drug-likeness (QED) is 0.652. The van der Waals surface area contributed by atoms with Crippen molar-refractivity contribution in [2.45, 2.75) is 51.9 Å². The second kappa shape index (κ2) is 4.16. The van der Waals surface area contributed by atoms with E-state index in [-0.39, 0.29) is 0 Å². The fourth-order valence-corrected chi connectivity index (χ4v) is 2.77. The van der Waals surface area contributed by atoms with E-state index >= 15 is 0 Å². The first-order chi connectivity index (χ1) is 6.83. The summed E-state index contributed by atoms with van der Waals surface area (Å²) in [6, 6.07) is 6.84. The van der Waals surface area contributed by atoms with Gasteiger partial charge < -0.3 is 0 Å². The van der Waals surface area contributed by atoms with Gasteiger partial charge in [0.25, 0.3) is 0 Å². The highest BCUT2D eigenvalue weighted by Crippen LogP contribution is 2.36. The number of benzene rings is 1. The fraction of sp³-hybridized carbons (Fsp3) is 0.571. The Morgan fingerprint density at radius 2 is 1.93 bits per heavy atom. The highest BCUT2D eigenvalue weighted by atomic mass is 14.2. The molecule has 0 heterocycles. The van der Waals surface area contributed by atoms with Gasteiger partial charge in [0.05, 0.1) is 0 Å². The van der Waals surface area contributed by atoms with Gasteiger partial charge in [0.2, 0.25) is 0 Å². The molecule has 1 fully saturated rings. The van der Waals surface area contributed by atoms with E-state index in [9.17, 15) is 0 Å². The highest BCUT2D eigenvalue weighted by Gasteiger charge is 2.18. The summed E-state index contributed by atoms with van der Waals surface area (Å²) < 4.78 is 0. The van der Waals surface area contributed by atoms with Crippen molar-refractivity contribution in [3.63, 3.8) is 0 Å². The molecule has 1 saturated carbocycles. The Kier molecular flexibility index (Phi) is 2.90. The number of aryl methyl sites for hydroxylation is 1. The average molecular weight is 188 g/mol. The Balaban J connectivity index is 2.32. The molecular formula is C14H20. The zero-order chi connectivity index (χ0) is 9.97. The van der Waals surface area contributed by atoms with E-state index in [1.54, 1.807) is 11.1 Å². The molecule has 0 saturated heterocycles. The molecule has 0 N–H and O–H groups in total. The molecule has 0 atom stereocenters. The van der Waals surface area contributed by atoms with E-state index in [0.29, 0.717) is 0 Å². The van der Waals surface area contributed by atoms with Crippen LogP contribution < -0.4 is 0 Å². The largest absolute Gasteiger partial charge is 0.0617 e. The van der Waals surface area contributed by atoms with Crippen LogP contribution in [0.15, 0.2) is 18.2 Å². The summed E-state index contributed by atoms with van der Waals surface area (Å²) in [6.45, 7) is 4.55. The van der Waals surface area contributed by atoms with Gasteiger partial charge in [-0.25, -0.2) is 0 Å². The maximum atomic E-state index is 2.34. The zero-order valence-corrected chi connectivity index (χ0v) is 9.34. The van der Waals surface area contributed by atoms with Gasteiger partial charge in [-0.05, 0) is 48.8 Å². The molecule has 0 aliphatic heterocycles. The lowest BCUT2D eigenvalue weighted by Gasteiger charge is -2.15. The molecule has 0 amide bonds. The maximum absolute atomic E-state index is 2.34. The second-order valence-electron chi connectivity index (χ2n) is 4.47. The van der Waals surface area contributed by atoms with Gasteiger partial charge >= 0.3 is 0 Å². The Morgan fingerprint density at radius 3 is 2.57 bits per heavy atom. The van der Waals surface area contributed by atoms with Gasteiger partial charge in [-0.2, -0.15) is 0 Å². The van der Waals surface area contributed by atoms with Crippen molar-refractivity contribution in [3.8, 4) is 0 Å². The van der Waals surface area contributed by atoms with Crippen molar-refractivity contribution >= 4 is 0 Å². The van der Waals surface area contributed by atoms with Gasteiger partial charge in [-0.3, -0.25) is 0 Å². The van der Waals surface area contributed by atoms with E-state index in [1.165, 1.54) is 37.7 Å². The standard InChI is InChI=1S/C14H20/c1-3-12-9-6-10-14(11(12)2)13-7-4-5-8-13/h6,9-10,13H,3-5,7-8H2,1-2H3. The van der Waals surface area contributed by atoms with Crippen LogP contribution in [0.3, 0.4) is 0 Å². The predicted octanol–water partition coefficient (Wildman–Crippen LogP) is 4.22. The van der Waals surface area contributed by atoms with Crippen molar-refractivity contribution in [2.24, 2.45) is 0 Å². The first-order valence-corrected chi connectivity index (χ1v) is 5.91. The minimum Gasteiger partial charge on any atom is -0.0617 e. The van der Waals surface area contributed by atoms with E-state index in [2.05, 4.69) is 32.0 Å². The minimum absolute atomic E-state index is 0.862. The lowest BCUT2D eigenvalue weighted by Crippen LogP contribution is -1.98. The van der Waals surface area contributed by atoms with Crippen LogP contribution in [0.4, 0.5) is 0 Å². The van der Waals surface area contributed by atoms with Crippen molar-refractivity contribution in [3.05, 3.63) is 34.9 Å². The highest BCUT2D eigenvalue weighted by molar-refractivity contribution is 5.36. The van der Waals surface area contributed by atoms with Crippen LogP contribution in [0.5, 0.6) is 0 Å². The lowest BCUT2D eigenvalue weighted by atomic mass is 9.90. The van der Waals surface area contributed by atoms with Crippen LogP contribution in [0.1, 0.15) is 55.2 Å². The molecule has 1 aliphatic carbocycles. The van der Waals surface area contributed by atoms with Gasteiger partial charge in [-0.15, -0.1) is 0 Å². The van der Waals surface area contributed by atoms with E-state index < -0.39 is 0 Å². The summed E-state index contributed by atoms with van der Waals surface area (Å²) in [7, 11) is 0. The molecule has 76 valence electrons. The van der Waals surface area contributed by atoms with Crippen molar-refractivity contribution in [2.75, 3.05) is 0 Å². The third-order valence-electron chi connectivity index (χ3n) is 3.66. The van der Waals surface area contributed by atoms with Crippen LogP contribution in [0, 0.1) is 6.92 Å². The molecule has 0 radical (unpaired) electrons. The fourth-order valence-electron chi connectivity index (χ4n) is 2.77. The molecule has 0 spiro atoms. The first kappa shape index (κ1) is 9.76. The Labute approximate surface area is 87.3 Å². The lowest BCUT2D eigenvalue weighted by molar-refractivity contribution is 0.715. The predicted molar refractivity (Wildman–Crippen MR) is 61.8 cm³/mol. The molecule has 0 unspecified atom stereocenters. The maximum Gasteiger partial charge on any atom is -0.0159 e. The Bertz CT molecular complexity index is 306. The SMILES string of the molecule is CCc1cccc(C2CCCC2)c1C. The molecular weight excluding hydrogens is 168 g/mol. The second-order valence-corrected chi connectivity index (χ2v) is 4.47. The summed E-state index contributed by atoms with van der Waals surface area (Å²) in [5.74, 6) is 0.862. The Hall–Kier alpha value is -0.780. The van der Waals surface area contributed by atoms with Gasteiger partial charge in [-0.1, -0.05) is 38.0 Å². The van der Waals surface area contributed by atoms with Crippen LogP contribution in [-0.4, -0.2) is 0 Å². The van der Waals surface area contributed by atoms with E-state index in [4.69, 9.17) is 0 Å². The summed E-state index contributed by atoms with van der Waals surface area (Å²) in [5, 5.41) is 0. The monoisotopic (exact) mass is 188 g/mol. The summed E-state index contributed by atoms with van der Waals surface area (Å²) in [5.41, 5.74) is 4.72. The molecule has 0 bridgehead atoms. The van der Waals surface area contributed by atoms with E-state index in [0.717, 1.165) is 5.92 Å². The van der Waals surface area contributed by atoms with Crippen LogP contribution in [0.2, 0.25) is 0 Å². The summed E-state index contributed by atoms with van der Waals surface area (Å²) in [6.07, 6.45) is 6.86. The van der Waals surface area contributed by atoms with Crippen LogP contribution >= 0.6 is 0 Å². The number of hydrogen-bond acceptors (Lipinski definition) is 0. The Morgan fingerprint density at radius 1 is 1.21 bits per heavy atom. The van der Waals surface area contributed by atoms with Gasteiger partial charge in [0.15, 0.2) is 0 Å². The van der Waals surface area contributed by atoms with Gasteiger partial charge in [0.1, 0.15) is 0 Å². The summed E-state index contributed by atoms with van der Waals surface area (Å²) >= 11 is 0. The molecule has 0 aromatic heterocycles. The van der Waals surface area contributed by atoms with Crippen molar-refractivity contribution < 1.29 is 0 Å². The first-order valence-electron chi connectivity index (χ1n) is 5.91. The minimum atomic E-state index is 0.862. The van der Waals surface area contributed by atoms with Crippen LogP contribution in [0.25, 0.3) is 0 Å². The average Bonchev–Trinajstić information content (AvgIpc) is 2.71. The molecule has 1 aromatic carbocycles. The molecule has 1 aliphatic rings. The topological polar surface area (TPSA) is 0 Å². The molecule has 14 heavy (non-hydrogen) atoms. The van der Waals surface area contributed by atoms with Crippen molar-refractivity contribution in [1.82, 2.24) is 0 Å². The molecule has 1 aromatic rings. The third-order valence-corrected chi connectivity index (χ3v) is 3.66. The van der Waals surface area contributed by atoms with E-state index in [1.807, 2.05) is 0 Å². The number of rotatable bonds is 2. The normalized spacial score (nSPS) is 17.6. The molecule has 2 rings (SSSR count). The molecule has 0 heteroatoms. The number of hydrogen-bond donors (Lipinski definition) is 0. The van der Waals surface area contributed by atoms with Crippen LogP contribution in [-0.2, 0) is 6.42 Å². The summed E-state index contributed by atoms with van der Waals surface area (Å²) in [4.78, 5) is 0. The van der Waals surface area contributed by atoms with Gasteiger partial charge in [0, 0.05) is 0 Å². The smallest absolute Gasteiger partial charge is 0.0159 e. The zero-order valence-electron chi connectivity index (χ0n) is 9.34. The van der Waals surface area contributed by atoms with Crippen molar-refractivity contribution in [1.29, 1.82) is 0 Å².